The highest BCUT2D eigenvalue weighted by Crippen LogP contribution is 2.25. The van der Waals surface area contributed by atoms with Crippen LogP contribution in [0.2, 0.25) is 0 Å². The van der Waals surface area contributed by atoms with E-state index >= 15 is 0 Å². The van der Waals surface area contributed by atoms with Crippen LogP contribution in [0.1, 0.15) is 18.1 Å². The van der Waals surface area contributed by atoms with Gasteiger partial charge in [-0.1, -0.05) is 49.4 Å². The minimum atomic E-state index is -0.766. The minimum absolute atomic E-state index is 0.129. The Hall–Kier alpha value is -4.19. The van der Waals surface area contributed by atoms with E-state index in [-0.39, 0.29) is 5.57 Å². The van der Waals surface area contributed by atoms with Crippen molar-refractivity contribution in [3.05, 3.63) is 95.6 Å². The Labute approximate surface area is 179 Å². The number of hydrogen-bond acceptors (Lipinski definition) is 4. The number of amides is 4. The van der Waals surface area contributed by atoms with E-state index in [9.17, 15) is 14.4 Å². The molecule has 1 heterocycles. The lowest BCUT2D eigenvalue weighted by molar-refractivity contribution is -0.122. The zero-order valence-electron chi connectivity index (χ0n) is 16.9. The highest BCUT2D eigenvalue weighted by molar-refractivity contribution is 6.39. The molecule has 154 valence electrons. The van der Waals surface area contributed by atoms with Gasteiger partial charge in [0.15, 0.2) is 0 Å². The van der Waals surface area contributed by atoms with Crippen LogP contribution >= 0.6 is 0 Å². The molecule has 0 radical (unpaired) electrons. The van der Waals surface area contributed by atoms with E-state index in [0.29, 0.717) is 22.7 Å². The van der Waals surface area contributed by atoms with Gasteiger partial charge in [0.05, 0.1) is 5.69 Å². The van der Waals surface area contributed by atoms with Crippen LogP contribution in [0.4, 0.5) is 10.5 Å². The number of aryl methyl sites for hydroxylation is 1. The van der Waals surface area contributed by atoms with Gasteiger partial charge in [0.2, 0.25) is 0 Å². The summed E-state index contributed by atoms with van der Waals surface area (Å²) in [5, 5.41) is 2.24. The second-order valence-corrected chi connectivity index (χ2v) is 6.97. The van der Waals surface area contributed by atoms with E-state index in [4.69, 9.17) is 4.74 Å². The first-order chi connectivity index (χ1) is 15.0. The van der Waals surface area contributed by atoms with Gasteiger partial charge in [0.25, 0.3) is 11.8 Å². The molecule has 31 heavy (non-hydrogen) atoms. The monoisotopic (exact) mass is 412 g/mol. The molecule has 0 atom stereocenters. The zero-order valence-corrected chi connectivity index (χ0v) is 16.9. The maximum Gasteiger partial charge on any atom is 0.335 e. The van der Waals surface area contributed by atoms with Crippen molar-refractivity contribution >= 4 is 29.6 Å². The Kier molecular flexibility index (Phi) is 5.62. The van der Waals surface area contributed by atoms with Crippen molar-refractivity contribution in [2.75, 3.05) is 4.90 Å². The Bertz CT molecular complexity index is 1170. The molecule has 4 rings (SSSR count). The minimum Gasteiger partial charge on any atom is -0.457 e. The number of carbonyl (C=O) groups excluding carboxylic acids is 3. The van der Waals surface area contributed by atoms with E-state index < -0.39 is 17.8 Å². The van der Waals surface area contributed by atoms with E-state index in [1.54, 1.807) is 36.4 Å². The molecule has 0 aliphatic carbocycles. The molecule has 4 amide bonds. The maximum atomic E-state index is 13.0. The average Bonchev–Trinajstić information content (AvgIpc) is 2.78. The van der Waals surface area contributed by atoms with E-state index in [2.05, 4.69) is 5.32 Å². The normalized spacial score (nSPS) is 15.2. The molecule has 6 heteroatoms. The number of benzene rings is 3. The van der Waals surface area contributed by atoms with Crippen LogP contribution in [-0.4, -0.2) is 17.8 Å². The van der Waals surface area contributed by atoms with Gasteiger partial charge in [-0.3, -0.25) is 14.9 Å². The van der Waals surface area contributed by atoms with Crippen LogP contribution in [-0.2, 0) is 16.0 Å². The van der Waals surface area contributed by atoms with Crippen molar-refractivity contribution in [3.63, 3.8) is 0 Å². The van der Waals surface area contributed by atoms with Crippen LogP contribution in [0.25, 0.3) is 6.08 Å². The third-order valence-electron chi connectivity index (χ3n) is 4.85. The molecule has 0 spiro atoms. The molecular formula is C25H20N2O4. The number of para-hydroxylation sites is 1. The van der Waals surface area contributed by atoms with Gasteiger partial charge in [-0.05, 0) is 60.0 Å². The molecule has 0 aromatic heterocycles. The van der Waals surface area contributed by atoms with Crippen LogP contribution in [0.15, 0.2) is 84.4 Å². The molecule has 1 aliphatic rings. The molecule has 1 N–H and O–H groups in total. The summed E-state index contributed by atoms with van der Waals surface area (Å²) in [6.45, 7) is 2.02. The Morgan fingerprint density at radius 1 is 0.871 bits per heavy atom. The predicted octanol–water partition coefficient (Wildman–Crippen LogP) is 4.71. The zero-order chi connectivity index (χ0) is 21.8. The summed E-state index contributed by atoms with van der Waals surface area (Å²) in [5.74, 6) is -0.170. The van der Waals surface area contributed by atoms with Gasteiger partial charge in [0, 0.05) is 0 Å². The number of nitrogens with zero attached hydrogens (tertiary/aromatic N) is 1. The molecule has 1 saturated heterocycles. The molecule has 6 nitrogen and oxygen atoms in total. The van der Waals surface area contributed by atoms with Gasteiger partial charge in [-0.15, -0.1) is 0 Å². The maximum absolute atomic E-state index is 13.0. The molecular weight excluding hydrogens is 392 g/mol. The van der Waals surface area contributed by atoms with E-state index in [1.165, 1.54) is 6.08 Å². The highest BCUT2D eigenvalue weighted by Gasteiger charge is 2.36. The third kappa shape index (κ3) is 4.38. The average molecular weight is 412 g/mol. The number of urea groups is 1. The van der Waals surface area contributed by atoms with Crippen molar-refractivity contribution in [3.8, 4) is 11.5 Å². The smallest absolute Gasteiger partial charge is 0.335 e. The van der Waals surface area contributed by atoms with Crippen molar-refractivity contribution in [1.29, 1.82) is 0 Å². The molecule has 1 fully saturated rings. The fourth-order valence-corrected chi connectivity index (χ4v) is 3.23. The number of ether oxygens (including phenoxy) is 1. The molecule has 0 unspecified atom stereocenters. The lowest BCUT2D eigenvalue weighted by atomic mass is 10.1. The number of barbiturate groups is 1. The standard InChI is InChI=1S/C25H20N2O4/c1-2-17-11-13-19(14-12-17)27-24(29)22(23(28)26-25(27)30)16-18-7-6-10-21(15-18)31-20-8-4-3-5-9-20/h3-16H,2H2,1H3,(H,26,28,30)/b22-16-. The fourth-order valence-electron chi connectivity index (χ4n) is 3.23. The lowest BCUT2D eigenvalue weighted by Crippen LogP contribution is -2.54. The predicted molar refractivity (Wildman–Crippen MR) is 118 cm³/mol. The summed E-state index contributed by atoms with van der Waals surface area (Å²) in [4.78, 5) is 38.7. The van der Waals surface area contributed by atoms with E-state index in [1.807, 2.05) is 49.4 Å². The molecule has 0 saturated carbocycles. The fraction of sp³-hybridized carbons (Fsp3) is 0.0800. The summed E-state index contributed by atoms with van der Waals surface area (Å²) in [6.07, 6.45) is 2.29. The number of imide groups is 2. The van der Waals surface area contributed by atoms with Crippen molar-refractivity contribution < 1.29 is 19.1 Å². The molecule has 3 aromatic rings. The first kappa shape index (κ1) is 20.1. The van der Waals surface area contributed by atoms with Crippen LogP contribution in [0.5, 0.6) is 11.5 Å². The van der Waals surface area contributed by atoms with Crippen molar-refractivity contribution in [1.82, 2.24) is 5.32 Å². The number of carbonyl (C=O) groups is 3. The lowest BCUT2D eigenvalue weighted by Gasteiger charge is -2.26. The largest absolute Gasteiger partial charge is 0.457 e. The summed E-state index contributed by atoms with van der Waals surface area (Å²) in [5.41, 5.74) is 1.95. The van der Waals surface area contributed by atoms with Gasteiger partial charge < -0.3 is 4.74 Å². The molecule has 1 aliphatic heterocycles. The second kappa shape index (κ2) is 8.67. The Morgan fingerprint density at radius 3 is 2.29 bits per heavy atom. The second-order valence-electron chi connectivity index (χ2n) is 6.97. The first-order valence-electron chi connectivity index (χ1n) is 9.88. The van der Waals surface area contributed by atoms with Gasteiger partial charge in [-0.2, -0.15) is 0 Å². The number of nitrogens with one attached hydrogen (secondary N) is 1. The number of hydrogen-bond donors (Lipinski definition) is 1. The summed E-state index contributed by atoms with van der Waals surface area (Å²) < 4.78 is 5.81. The Morgan fingerprint density at radius 2 is 1.58 bits per heavy atom. The summed E-state index contributed by atoms with van der Waals surface area (Å²) >= 11 is 0. The number of rotatable bonds is 5. The first-order valence-corrected chi connectivity index (χ1v) is 9.88. The van der Waals surface area contributed by atoms with Gasteiger partial charge in [0.1, 0.15) is 17.1 Å². The van der Waals surface area contributed by atoms with E-state index in [0.717, 1.165) is 16.9 Å². The van der Waals surface area contributed by atoms with Crippen LogP contribution in [0.3, 0.4) is 0 Å². The number of anilines is 1. The summed E-state index contributed by atoms with van der Waals surface area (Å²) in [6, 6.07) is 22.6. The van der Waals surface area contributed by atoms with Crippen molar-refractivity contribution in [2.24, 2.45) is 0 Å². The summed E-state index contributed by atoms with van der Waals surface area (Å²) in [7, 11) is 0. The topological polar surface area (TPSA) is 75.7 Å². The quantitative estimate of drug-likeness (QED) is 0.487. The van der Waals surface area contributed by atoms with Crippen LogP contribution in [0, 0.1) is 0 Å². The molecule has 3 aromatic carbocycles. The Balaban J connectivity index is 1.63. The van der Waals surface area contributed by atoms with Crippen molar-refractivity contribution in [2.45, 2.75) is 13.3 Å². The SMILES string of the molecule is CCc1ccc(N2C(=O)NC(=O)/C(=C/c3cccc(Oc4ccccc4)c3)C2=O)cc1. The third-order valence-corrected chi connectivity index (χ3v) is 4.85. The highest BCUT2D eigenvalue weighted by atomic mass is 16.5. The van der Waals surface area contributed by atoms with Gasteiger partial charge in [-0.25, -0.2) is 9.69 Å². The molecule has 0 bridgehead atoms. The van der Waals surface area contributed by atoms with Gasteiger partial charge >= 0.3 is 6.03 Å². The van der Waals surface area contributed by atoms with Crippen LogP contribution < -0.4 is 15.0 Å².